The van der Waals surface area contributed by atoms with Crippen LogP contribution in [-0.4, -0.2) is 28.1 Å². The molecule has 0 amide bonds. The van der Waals surface area contributed by atoms with Crippen molar-refractivity contribution in [3.05, 3.63) is 29.8 Å². The quantitative estimate of drug-likeness (QED) is 0.689. The van der Waals surface area contributed by atoms with Gasteiger partial charge in [0, 0.05) is 6.04 Å². The van der Waals surface area contributed by atoms with E-state index in [9.17, 15) is 8.42 Å². The van der Waals surface area contributed by atoms with E-state index in [0.717, 1.165) is 25.8 Å². The highest BCUT2D eigenvalue weighted by molar-refractivity contribution is 7.89. The van der Waals surface area contributed by atoms with Crippen molar-refractivity contribution in [2.75, 3.05) is 13.6 Å². The number of nitrogens with one attached hydrogen (secondary N) is 2. The van der Waals surface area contributed by atoms with Crippen LogP contribution in [-0.2, 0) is 16.4 Å². The number of aryl methyl sites for hydroxylation is 1. The third kappa shape index (κ3) is 5.77. The summed E-state index contributed by atoms with van der Waals surface area (Å²) in [7, 11) is -1.49. The molecule has 0 bridgehead atoms. The number of sulfonamides is 1. The molecular weight excluding hydrogens is 284 g/mol. The van der Waals surface area contributed by atoms with Crippen molar-refractivity contribution in [3.63, 3.8) is 0 Å². The van der Waals surface area contributed by atoms with Gasteiger partial charge < -0.3 is 5.32 Å². The molecule has 1 aromatic rings. The Morgan fingerprint density at radius 2 is 1.76 bits per heavy atom. The van der Waals surface area contributed by atoms with Crippen molar-refractivity contribution < 1.29 is 8.42 Å². The second-order valence-electron chi connectivity index (χ2n) is 5.73. The summed E-state index contributed by atoms with van der Waals surface area (Å²) in [5.41, 5.74) is 1.17. The lowest BCUT2D eigenvalue weighted by molar-refractivity contribution is 0.437. The minimum atomic E-state index is -3.42. The molecule has 0 radical (unpaired) electrons. The minimum Gasteiger partial charge on any atom is -0.320 e. The molecule has 120 valence electrons. The summed E-state index contributed by atoms with van der Waals surface area (Å²) < 4.78 is 27.5. The Morgan fingerprint density at radius 1 is 1.14 bits per heavy atom. The fourth-order valence-electron chi connectivity index (χ4n) is 2.26. The van der Waals surface area contributed by atoms with Crippen molar-refractivity contribution in [3.8, 4) is 0 Å². The lowest BCUT2D eigenvalue weighted by Crippen LogP contribution is -2.37. The Bertz CT molecular complexity index is 510. The maximum atomic E-state index is 12.4. The van der Waals surface area contributed by atoms with E-state index in [1.165, 1.54) is 5.56 Å². The summed E-state index contributed by atoms with van der Waals surface area (Å²) in [5, 5.41) is 3.11. The van der Waals surface area contributed by atoms with Gasteiger partial charge in [0.2, 0.25) is 10.0 Å². The molecule has 0 aromatic heterocycles. The van der Waals surface area contributed by atoms with Crippen LogP contribution in [0, 0.1) is 5.92 Å². The van der Waals surface area contributed by atoms with Gasteiger partial charge in [-0.2, -0.15) is 0 Å². The first-order valence-corrected chi connectivity index (χ1v) is 9.15. The second-order valence-corrected chi connectivity index (χ2v) is 7.45. The minimum absolute atomic E-state index is 0.0229. The SMILES string of the molecule is CCC(NS(=O)(=O)c1ccc(CCCNC)cc1)C(C)C. The maximum Gasteiger partial charge on any atom is 0.240 e. The zero-order chi connectivity index (χ0) is 15.9. The van der Waals surface area contributed by atoms with Crippen LogP contribution < -0.4 is 10.0 Å². The molecule has 21 heavy (non-hydrogen) atoms. The lowest BCUT2D eigenvalue weighted by atomic mass is 10.0. The van der Waals surface area contributed by atoms with E-state index in [2.05, 4.69) is 10.0 Å². The van der Waals surface area contributed by atoms with Gasteiger partial charge in [-0.1, -0.05) is 32.9 Å². The van der Waals surface area contributed by atoms with Crippen LogP contribution in [0.4, 0.5) is 0 Å². The van der Waals surface area contributed by atoms with Gasteiger partial charge in [-0.05, 0) is 56.5 Å². The predicted octanol–water partition coefficient (Wildman–Crippen LogP) is 2.55. The molecule has 2 N–H and O–H groups in total. The van der Waals surface area contributed by atoms with E-state index in [1.807, 2.05) is 40.0 Å². The van der Waals surface area contributed by atoms with Crippen molar-refractivity contribution in [1.29, 1.82) is 0 Å². The van der Waals surface area contributed by atoms with Gasteiger partial charge >= 0.3 is 0 Å². The van der Waals surface area contributed by atoms with Crippen molar-refractivity contribution >= 4 is 10.0 Å². The van der Waals surface area contributed by atoms with E-state index in [1.54, 1.807) is 12.1 Å². The average Bonchev–Trinajstić information content (AvgIpc) is 2.45. The van der Waals surface area contributed by atoms with E-state index < -0.39 is 10.0 Å². The normalized spacial score (nSPS) is 13.6. The van der Waals surface area contributed by atoms with Crippen LogP contribution in [0.3, 0.4) is 0 Å². The molecule has 0 heterocycles. The molecule has 0 aliphatic rings. The fraction of sp³-hybridized carbons (Fsp3) is 0.625. The second kappa shape index (κ2) is 8.51. The lowest BCUT2D eigenvalue weighted by Gasteiger charge is -2.20. The summed E-state index contributed by atoms with van der Waals surface area (Å²) in [5.74, 6) is 0.283. The molecule has 1 unspecified atom stereocenters. The first-order chi connectivity index (χ1) is 9.90. The molecule has 4 nitrogen and oxygen atoms in total. The summed E-state index contributed by atoms with van der Waals surface area (Å²) >= 11 is 0. The molecule has 0 saturated heterocycles. The Kier molecular flexibility index (Phi) is 7.35. The zero-order valence-corrected chi connectivity index (χ0v) is 14.3. The van der Waals surface area contributed by atoms with Crippen LogP contribution >= 0.6 is 0 Å². The number of benzene rings is 1. The van der Waals surface area contributed by atoms with Crippen molar-refractivity contribution in [1.82, 2.24) is 10.0 Å². The monoisotopic (exact) mass is 312 g/mol. The fourth-order valence-corrected chi connectivity index (χ4v) is 3.73. The predicted molar refractivity (Wildman–Crippen MR) is 87.9 cm³/mol. The van der Waals surface area contributed by atoms with Crippen LogP contribution in [0.5, 0.6) is 0 Å². The van der Waals surface area contributed by atoms with Gasteiger partial charge in [-0.3, -0.25) is 0 Å². The summed E-state index contributed by atoms with van der Waals surface area (Å²) in [4.78, 5) is 0.346. The van der Waals surface area contributed by atoms with Crippen molar-refractivity contribution in [2.45, 2.75) is 51.0 Å². The first-order valence-electron chi connectivity index (χ1n) is 7.66. The molecule has 0 saturated carbocycles. The third-order valence-electron chi connectivity index (χ3n) is 3.68. The number of hydrogen-bond acceptors (Lipinski definition) is 3. The molecule has 5 heteroatoms. The van der Waals surface area contributed by atoms with Crippen LogP contribution in [0.2, 0.25) is 0 Å². The van der Waals surface area contributed by atoms with Gasteiger partial charge in [-0.25, -0.2) is 13.1 Å². The van der Waals surface area contributed by atoms with Gasteiger partial charge in [0.1, 0.15) is 0 Å². The summed E-state index contributed by atoms with van der Waals surface area (Å²) in [6.45, 7) is 7.02. The van der Waals surface area contributed by atoms with Gasteiger partial charge in [0.05, 0.1) is 4.90 Å². The molecule has 0 aliphatic heterocycles. The molecule has 0 aliphatic carbocycles. The highest BCUT2D eigenvalue weighted by Gasteiger charge is 2.20. The highest BCUT2D eigenvalue weighted by Crippen LogP contribution is 2.15. The largest absolute Gasteiger partial charge is 0.320 e. The van der Waals surface area contributed by atoms with Gasteiger partial charge in [0.25, 0.3) is 0 Å². The molecule has 1 rings (SSSR count). The number of rotatable bonds is 9. The maximum absolute atomic E-state index is 12.4. The topological polar surface area (TPSA) is 58.2 Å². The molecular formula is C16H28N2O2S. The zero-order valence-electron chi connectivity index (χ0n) is 13.5. The smallest absolute Gasteiger partial charge is 0.240 e. The standard InChI is InChI=1S/C16H28N2O2S/c1-5-16(13(2)3)18-21(19,20)15-10-8-14(9-11-15)7-6-12-17-4/h8-11,13,16-18H,5-7,12H2,1-4H3. The van der Waals surface area contributed by atoms with Crippen LogP contribution in [0.25, 0.3) is 0 Å². The van der Waals surface area contributed by atoms with E-state index in [-0.39, 0.29) is 12.0 Å². The molecule has 1 atom stereocenters. The van der Waals surface area contributed by atoms with Gasteiger partial charge in [-0.15, -0.1) is 0 Å². The van der Waals surface area contributed by atoms with E-state index in [4.69, 9.17) is 0 Å². The Hall–Kier alpha value is -0.910. The van der Waals surface area contributed by atoms with Crippen LogP contribution in [0.1, 0.15) is 39.2 Å². The van der Waals surface area contributed by atoms with Crippen molar-refractivity contribution in [2.24, 2.45) is 5.92 Å². The molecule has 0 spiro atoms. The Morgan fingerprint density at radius 3 is 2.24 bits per heavy atom. The van der Waals surface area contributed by atoms with Gasteiger partial charge in [0.15, 0.2) is 0 Å². The summed E-state index contributed by atoms with van der Waals surface area (Å²) in [6.07, 6.45) is 2.79. The van der Waals surface area contributed by atoms with E-state index >= 15 is 0 Å². The molecule has 1 aromatic carbocycles. The Labute approximate surface area is 129 Å². The first kappa shape index (κ1) is 18.1. The Balaban J connectivity index is 2.75. The molecule has 0 fully saturated rings. The van der Waals surface area contributed by atoms with Crippen LogP contribution in [0.15, 0.2) is 29.2 Å². The van der Waals surface area contributed by atoms with E-state index in [0.29, 0.717) is 4.90 Å². The highest BCUT2D eigenvalue weighted by atomic mass is 32.2. The third-order valence-corrected chi connectivity index (χ3v) is 5.18. The summed E-state index contributed by atoms with van der Waals surface area (Å²) in [6, 6.07) is 7.18. The number of hydrogen-bond donors (Lipinski definition) is 2. The average molecular weight is 312 g/mol.